The summed E-state index contributed by atoms with van der Waals surface area (Å²) in [5, 5.41) is 3.70. The fourth-order valence-corrected chi connectivity index (χ4v) is 3.91. The molecule has 0 saturated carbocycles. The number of hydrogen-bond acceptors (Lipinski definition) is 8. The molecule has 0 radical (unpaired) electrons. The monoisotopic (exact) mass is 434 g/mol. The molecule has 0 spiro atoms. The molecular weight excluding hydrogens is 412 g/mol. The van der Waals surface area contributed by atoms with Crippen LogP contribution < -0.4 is 10.2 Å². The van der Waals surface area contributed by atoms with Crippen molar-refractivity contribution >= 4 is 40.3 Å². The molecule has 1 aromatic heterocycles. The smallest absolute Gasteiger partial charge is 0.337 e. The molecule has 1 aliphatic heterocycles. The number of carbonyl (C=O) groups excluding carboxylic acids is 3. The fourth-order valence-electron chi connectivity index (χ4n) is 3.91. The number of methoxy groups -OCH3 is 2. The van der Waals surface area contributed by atoms with Gasteiger partial charge in [0.2, 0.25) is 5.91 Å². The number of nitrogens with one attached hydrogen (secondary N) is 1. The third-order valence-electron chi connectivity index (χ3n) is 5.39. The number of anilines is 2. The Hall–Kier alpha value is -4.01. The molecule has 164 valence electrons. The van der Waals surface area contributed by atoms with Crippen LogP contribution in [0.1, 0.15) is 33.6 Å². The average molecular weight is 434 g/mol. The third kappa shape index (κ3) is 4.09. The summed E-state index contributed by atoms with van der Waals surface area (Å²) in [6.07, 6.45) is 2.96. The van der Waals surface area contributed by atoms with Crippen LogP contribution in [-0.2, 0) is 14.3 Å². The molecule has 9 heteroatoms. The van der Waals surface area contributed by atoms with Gasteiger partial charge in [-0.25, -0.2) is 19.6 Å². The van der Waals surface area contributed by atoms with Crippen molar-refractivity contribution in [2.45, 2.75) is 18.9 Å². The second kappa shape index (κ2) is 9.01. The van der Waals surface area contributed by atoms with Gasteiger partial charge < -0.3 is 19.7 Å². The van der Waals surface area contributed by atoms with E-state index in [4.69, 9.17) is 9.47 Å². The minimum atomic E-state index is -0.624. The molecular formula is C23H22N4O5. The number of carbonyl (C=O) groups is 3. The molecule has 0 bridgehead atoms. The van der Waals surface area contributed by atoms with E-state index in [1.54, 1.807) is 0 Å². The summed E-state index contributed by atoms with van der Waals surface area (Å²) in [5.74, 6) is -0.808. The number of para-hydroxylation sites is 1. The van der Waals surface area contributed by atoms with Gasteiger partial charge in [0.25, 0.3) is 0 Å². The van der Waals surface area contributed by atoms with Crippen LogP contribution in [0.25, 0.3) is 10.9 Å². The maximum Gasteiger partial charge on any atom is 0.337 e. The van der Waals surface area contributed by atoms with Gasteiger partial charge in [-0.1, -0.05) is 12.1 Å². The van der Waals surface area contributed by atoms with Crippen molar-refractivity contribution < 1.29 is 23.9 Å². The molecule has 2 aromatic carbocycles. The average Bonchev–Trinajstić information content (AvgIpc) is 3.32. The molecule has 4 rings (SSSR count). The highest BCUT2D eigenvalue weighted by Gasteiger charge is 2.33. The van der Waals surface area contributed by atoms with E-state index in [9.17, 15) is 14.4 Å². The molecule has 1 saturated heterocycles. The summed E-state index contributed by atoms with van der Waals surface area (Å²) in [5.41, 5.74) is 1.38. The fraction of sp³-hybridized carbons (Fsp3) is 0.261. The van der Waals surface area contributed by atoms with Crippen LogP contribution in [0.4, 0.5) is 11.5 Å². The van der Waals surface area contributed by atoms with Gasteiger partial charge in [-0.15, -0.1) is 0 Å². The second-order valence-electron chi connectivity index (χ2n) is 7.34. The Bertz CT molecular complexity index is 1160. The van der Waals surface area contributed by atoms with E-state index in [-0.39, 0.29) is 17.0 Å². The summed E-state index contributed by atoms with van der Waals surface area (Å²) in [6, 6.07) is 11.5. The van der Waals surface area contributed by atoms with Crippen LogP contribution in [-0.4, -0.2) is 54.6 Å². The Morgan fingerprint density at radius 1 is 1.00 bits per heavy atom. The SMILES string of the molecule is COC(=O)c1cc(NC(=O)[C@H]2CCCN2c2ncnc3ccccc23)cc(C(=O)OC)c1. The highest BCUT2D eigenvalue weighted by molar-refractivity contribution is 6.02. The lowest BCUT2D eigenvalue weighted by Crippen LogP contribution is -2.40. The zero-order valence-electron chi connectivity index (χ0n) is 17.7. The van der Waals surface area contributed by atoms with Crippen LogP contribution in [0.2, 0.25) is 0 Å². The van der Waals surface area contributed by atoms with Crippen LogP contribution in [0, 0.1) is 0 Å². The number of nitrogens with zero attached hydrogens (tertiary/aromatic N) is 3. The van der Waals surface area contributed by atoms with E-state index in [1.807, 2.05) is 29.2 Å². The van der Waals surface area contributed by atoms with E-state index in [2.05, 4.69) is 15.3 Å². The number of ether oxygens (including phenoxy) is 2. The van der Waals surface area contributed by atoms with Gasteiger partial charge in [-0.3, -0.25) is 4.79 Å². The molecule has 1 amide bonds. The molecule has 2 heterocycles. The highest BCUT2D eigenvalue weighted by Crippen LogP contribution is 2.30. The second-order valence-corrected chi connectivity index (χ2v) is 7.34. The van der Waals surface area contributed by atoms with Crippen molar-refractivity contribution in [1.29, 1.82) is 0 Å². The van der Waals surface area contributed by atoms with E-state index in [0.29, 0.717) is 24.5 Å². The molecule has 1 atom stereocenters. The zero-order chi connectivity index (χ0) is 22.7. The number of esters is 2. The maximum absolute atomic E-state index is 13.2. The lowest BCUT2D eigenvalue weighted by atomic mass is 10.1. The van der Waals surface area contributed by atoms with Gasteiger partial charge in [-0.2, -0.15) is 0 Å². The molecule has 0 aliphatic carbocycles. The minimum Gasteiger partial charge on any atom is -0.465 e. The predicted octanol–water partition coefficient (Wildman–Crippen LogP) is 2.81. The summed E-state index contributed by atoms with van der Waals surface area (Å²) >= 11 is 0. The van der Waals surface area contributed by atoms with Crippen LogP contribution in [0.15, 0.2) is 48.8 Å². The molecule has 3 aromatic rings. The van der Waals surface area contributed by atoms with Crippen molar-refractivity contribution in [3.8, 4) is 0 Å². The number of fused-ring (bicyclic) bond motifs is 1. The van der Waals surface area contributed by atoms with Crippen molar-refractivity contribution in [2.24, 2.45) is 0 Å². The van der Waals surface area contributed by atoms with E-state index < -0.39 is 18.0 Å². The van der Waals surface area contributed by atoms with E-state index >= 15 is 0 Å². The minimum absolute atomic E-state index is 0.135. The quantitative estimate of drug-likeness (QED) is 0.611. The van der Waals surface area contributed by atoms with Crippen LogP contribution >= 0.6 is 0 Å². The van der Waals surface area contributed by atoms with Gasteiger partial charge in [0, 0.05) is 17.6 Å². The molecule has 0 unspecified atom stereocenters. The van der Waals surface area contributed by atoms with Gasteiger partial charge in [0.1, 0.15) is 18.2 Å². The lowest BCUT2D eigenvalue weighted by molar-refractivity contribution is -0.117. The Balaban J connectivity index is 1.63. The van der Waals surface area contributed by atoms with Gasteiger partial charge in [0.15, 0.2) is 0 Å². The Kier molecular flexibility index (Phi) is 5.98. The molecule has 32 heavy (non-hydrogen) atoms. The summed E-state index contributed by atoms with van der Waals surface area (Å²) in [6.45, 7) is 0.675. The largest absolute Gasteiger partial charge is 0.465 e. The summed E-state index contributed by atoms with van der Waals surface area (Å²) < 4.78 is 9.51. The topological polar surface area (TPSA) is 111 Å². The maximum atomic E-state index is 13.2. The Morgan fingerprint density at radius 3 is 2.38 bits per heavy atom. The van der Waals surface area contributed by atoms with Gasteiger partial charge in [0.05, 0.1) is 30.9 Å². The zero-order valence-corrected chi connectivity index (χ0v) is 17.7. The first-order chi connectivity index (χ1) is 15.5. The van der Waals surface area contributed by atoms with Gasteiger partial charge in [-0.05, 0) is 43.2 Å². The first kappa shape index (κ1) is 21.2. The van der Waals surface area contributed by atoms with Crippen molar-refractivity contribution in [3.05, 3.63) is 59.9 Å². The number of aromatic nitrogens is 2. The first-order valence-electron chi connectivity index (χ1n) is 10.1. The number of hydrogen-bond donors (Lipinski definition) is 1. The number of rotatable bonds is 5. The van der Waals surface area contributed by atoms with Gasteiger partial charge >= 0.3 is 11.9 Å². The normalized spacial score (nSPS) is 15.4. The molecule has 1 fully saturated rings. The van der Waals surface area contributed by atoms with E-state index in [1.165, 1.54) is 38.7 Å². The summed E-state index contributed by atoms with van der Waals surface area (Å²) in [7, 11) is 2.49. The van der Waals surface area contributed by atoms with Crippen molar-refractivity contribution in [2.75, 3.05) is 31.0 Å². The molecule has 9 nitrogen and oxygen atoms in total. The molecule has 1 aliphatic rings. The lowest BCUT2D eigenvalue weighted by Gasteiger charge is -2.26. The predicted molar refractivity (Wildman–Crippen MR) is 118 cm³/mol. The van der Waals surface area contributed by atoms with Crippen molar-refractivity contribution in [1.82, 2.24) is 9.97 Å². The van der Waals surface area contributed by atoms with Crippen LogP contribution in [0.5, 0.6) is 0 Å². The Labute approximate surface area is 184 Å². The van der Waals surface area contributed by atoms with Crippen LogP contribution in [0.3, 0.4) is 0 Å². The first-order valence-corrected chi connectivity index (χ1v) is 10.1. The summed E-state index contributed by atoms with van der Waals surface area (Å²) in [4.78, 5) is 47.9. The van der Waals surface area contributed by atoms with Crippen molar-refractivity contribution in [3.63, 3.8) is 0 Å². The van der Waals surface area contributed by atoms with E-state index in [0.717, 1.165) is 17.3 Å². The molecule has 1 N–H and O–H groups in total. The number of benzene rings is 2. The highest BCUT2D eigenvalue weighted by atomic mass is 16.5. The standard InChI is InChI=1S/C23H22N4O5/c1-31-22(29)14-10-15(23(30)32-2)12-16(11-14)26-21(28)19-8-5-9-27(19)20-17-6-3-4-7-18(17)24-13-25-20/h3-4,6-7,10-13,19H,5,8-9H2,1-2H3,(H,26,28)/t19-/m1/s1. The number of amides is 1. The Morgan fingerprint density at radius 2 is 1.69 bits per heavy atom. The third-order valence-corrected chi connectivity index (χ3v) is 5.39.